The lowest BCUT2D eigenvalue weighted by atomic mass is 10.2. The summed E-state index contributed by atoms with van der Waals surface area (Å²) >= 11 is 0. The van der Waals surface area contributed by atoms with Crippen LogP contribution >= 0.6 is 0 Å². The Bertz CT molecular complexity index is 425. The van der Waals surface area contributed by atoms with Gasteiger partial charge in [-0.05, 0) is 34.0 Å². The minimum absolute atomic E-state index is 0.00159. The van der Waals surface area contributed by atoms with E-state index in [1.54, 1.807) is 0 Å². The van der Waals surface area contributed by atoms with Gasteiger partial charge >= 0.3 is 5.97 Å². The molecule has 0 aromatic carbocycles. The summed E-state index contributed by atoms with van der Waals surface area (Å²) in [7, 11) is 3.92. The van der Waals surface area contributed by atoms with Crippen molar-refractivity contribution in [1.82, 2.24) is 10.2 Å². The third-order valence-electron chi connectivity index (χ3n) is 2.46. The van der Waals surface area contributed by atoms with Gasteiger partial charge in [-0.1, -0.05) is 0 Å². The molecule has 1 aromatic rings. The number of carbonyl (C=O) groups excluding carboxylic acids is 1. The Kier molecular flexibility index (Phi) is 4.91. The molecule has 100 valence electrons. The Morgan fingerprint density at radius 1 is 1.50 bits per heavy atom. The highest BCUT2D eigenvalue weighted by Gasteiger charge is 2.16. The second-order valence-corrected chi connectivity index (χ2v) is 4.47. The zero-order valence-electron chi connectivity index (χ0n) is 10.8. The molecule has 0 bridgehead atoms. The fourth-order valence-electron chi connectivity index (χ4n) is 1.39. The van der Waals surface area contributed by atoms with Gasteiger partial charge in [-0.2, -0.15) is 0 Å². The first kappa shape index (κ1) is 14.2. The van der Waals surface area contributed by atoms with E-state index in [1.807, 2.05) is 25.9 Å². The molecular formula is C12H18N2O4. The van der Waals surface area contributed by atoms with E-state index in [0.29, 0.717) is 0 Å². The number of nitrogens with one attached hydrogen (secondary N) is 1. The van der Waals surface area contributed by atoms with E-state index in [-0.39, 0.29) is 17.4 Å². The van der Waals surface area contributed by atoms with E-state index in [9.17, 15) is 9.59 Å². The standard InChI is InChI=1S/C12H18N2O4/c1-8(4-5-14(2)3)13-11(15)10-6-9(7-18-10)12(16)17/h6-8H,4-5H2,1-3H3,(H,13,15)(H,16,17). The molecule has 1 rings (SSSR count). The van der Waals surface area contributed by atoms with Crippen molar-refractivity contribution in [3.63, 3.8) is 0 Å². The third-order valence-corrected chi connectivity index (χ3v) is 2.46. The molecule has 1 heterocycles. The molecule has 18 heavy (non-hydrogen) atoms. The first-order valence-electron chi connectivity index (χ1n) is 5.67. The maximum Gasteiger partial charge on any atom is 0.338 e. The number of carboxylic acid groups (broad SMARTS) is 1. The Labute approximate surface area is 106 Å². The van der Waals surface area contributed by atoms with Crippen LogP contribution in [0.1, 0.15) is 34.3 Å². The van der Waals surface area contributed by atoms with Crippen LogP contribution in [0.15, 0.2) is 16.7 Å². The summed E-state index contributed by atoms with van der Waals surface area (Å²) in [5.41, 5.74) is -0.0268. The monoisotopic (exact) mass is 254 g/mol. The number of aromatic carboxylic acids is 1. The van der Waals surface area contributed by atoms with Gasteiger partial charge in [0.2, 0.25) is 0 Å². The van der Waals surface area contributed by atoms with Gasteiger partial charge in [0.25, 0.3) is 5.91 Å². The van der Waals surface area contributed by atoms with Crippen molar-refractivity contribution >= 4 is 11.9 Å². The predicted molar refractivity (Wildman–Crippen MR) is 65.8 cm³/mol. The summed E-state index contributed by atoms with van der Waals surface area (Å²) < 4.78 is 4.91. The number of carbonyl (C=O) groups is 2. The summed E-state index contributed by atoms with van der Waals surface area (Å²) in [5.74, 6) is -1.49. The van der Waals surface area contributed by atoms with Crippen molar-refractivity contribution in [1.29, 1.82) is 0 Å². The van der Waals surface area contributed by atoms with E-state index in [2.05, 4.69) is 5.32 Å². The Morgan fingerprint density at radius 3 is 2.67 bits per heavy atom. The molecule has 1 unspecified atom stereocenters. The number of nitrogens with zero attached hydrogens (tertiary/aromatic N) is 1. The molecule has 0 spiro atoms. The lowest BCUT2D eigenvalue weighted by Crippen LogP contribution is -2.34. The van der Waals surface area contributed by atoms with Gasteiger partial charge in [0.15, 0.2) is 5.76 Å². The first-order valence-corrected chi connectivity index (χ1v) is 5.67. The molecule has 1 aromatic heterocycles. The topological polar surface area (TPSA) is 82.8 Å². The van der Waals surface area contributed by atoms with Crippen molar-refractivity contribution < 1.29 is 19.1 Å². The van der Waals surface area contributed by atoms with Crippen LogP contribution in [0, 0.1) is 0 Å². The van der Waals surface area contributed by atoms with Crippen molar-refractivity contribution in [3.05, 3.63) is 23.7 Å². The van der Waals surface area contributed by atoms with Gasteiger partial charge < -0.3 is 19.7 Å². The molecule has 2 N–H and O–H groups in total. The number of carboxylic acids is 1. The fraction of sp³-hybridized carbons (Fsp3) is 0.500. The number of hydrogen-bond donors (Lipinski definition) is 2. The van der Waals surface area contributed by atoms with Crippen molar-refractivity contribution in [2.45, 2.75) is 19.4 Å². The summed E-state index contributed by atoms with van der Waals surface area (Å²) in [6, 6.07) is 1.22. The molecule has 0 radical (unpaired) electrons. The van der Waals surface area contributed by atoms with Crippen LogP contribution < -0.4 is 5.32 Å². The van der Waals surface area contributed by atoms with Crippen LogP contribution in [0.3, 0.4) is 0 Å². The smallest absolute Gasteiger partial charge is 0.338 e. The average molecular weight is 254 g/mol. The van der Waals surface area contributed by atoms with Gasteiger partial charge in [0.05, 0.1) is 5.56 Å². The van der Waals surface area contributed by atoms with Gasteiger partial charge in [0, 0.05) is 12.1 Å². The van der Waals surface area contributed by atoms with Gasteiger partial charge in [-0.15, -0.1) is 0 Å². The minimum Gasteiger partial charge on any atom is -0.478 e. The van der Waals surface area contributed by atoms with Crippen LogP contribution in [-0.2, 0) is 0 Å². The van der Waals surface area contributed by atoms with E-state index in [1.165, 1.54) is 6.07 Å². The van der Waals surface area contributed by atoms with Crippen LogP contribution in [0.25, 0.3) is 0 Å². The molecule has 1 amide bonds. The van der Waals surface area contributed by atoms with Crippen LogP contribution in [0.4, 0.5) is 0 Å². The molecule has 0 aliphatic rings. The molecule has 6 nitrogen and oxygen atoms in total. The van der Waals surface area contributed by atoms with Gasteiger partial charge in [-0.3, -0.25) is 4.79 Å². The zero-order chi connectivity index (χ0) is 13.7. The zero-order valence-corrected chi connectivity index (χ0v) is 10.8. The number of hydrogen-bond acceptors (Lipinski definition) is 4. The number of amides is 1. The highest BCUT2D eigenvalue weighted by molar-refractivity contribution is 5.95. The van der Waals surface area contributed by atoms with Crippen LogP contribution in [-0.4, -0.2) is 48.6 Å². The second kappa shape index (κ2) is 6.20. The van der Waals surface area contributed by atoms with Crippen molar-refractivity contribution in [2.75, 3.05) is 20.6 Å². The summed E-state index contributed by atoms with van der Waals surface area (Å²) in [6.45, 7) is 2.75. The third kappa shape index (κ3) is 4.21. The van der Waals surface area contributed by atoms with Crippen molar-refractivity contribution in [3.8, 4) is 0 Å². The highest BCUT2D eigenvalue weighted by Crippen LogP contribution is 2.08. The Morgan fingerprint density at radius 2 is 2.17 bits per heavy atom. The lowest BCUT2D eigenvalue weighted by Gasteiger charge is -2.15. The summed E-state index contributed by atoms with van der Waals surface area (Å²) in [6.07, 6.45) is 1.87. The van der Waals surface area contributed by atoms with Gasteiger partial charge in [0.1, 0.15) is 6.26 Å². The van der Waals surface area contributed by atoms with E-state index < -0.39 is 11.9 Å². The van der Waals surface area contributed by atoms with Crippen molar-refractivity contribution in [2.24, 2.45) is 0 Å². The quantitative estimate of drug-likeness (QED) is 0.792. The highest BCUT2D eigenvalue weighted by atomic mass is 16.4. The molecule has 0 fully saturated rings. The normalized spacial score (nSPS) is 12.4. The lowest BCUT2D eigenvalue weighted by molar-refractivity contribution is 0.0695. The largest absolute Gasteiger partial charge is 0.478 e. The molecule has 1 atom stereocenters. The summed E-state index contributed by atoms with van der Waals surface area (Å²) in [4.78, 5) is 24.4. The number of furan rings is 1. The Hall–Kier alpha value is -1.82. The number of rotatable bonds is 6. The SMILES string of the molecule is CC(CCN(C)C)NC(=O)c1cc(C(=O)O)co1. The van der Waals surface area contributed by atoms with Crippen LogP contribution in [0.2, 0.25) is 0 Å². The second-order valence-electron chi connectivity index (χ2n) is 4.47. The molecule has 0 aliphatic carbocycles. The van der Waals surface area contributed by atoms with E-state index >= 15 is 0 Å². The minimum atomic E-state index is -1.11. The Balaban J connectivity index is 2.51. The maximum atomic E-state index is 11.7. The molecule has 0 saturated heterocycles. The predicted octanol–water partition coefficient (Wildman–Crippen LogP) is 1.05. The molecule has 0 saturated carbocycles. The molecule has 6 heteroatoms. The summed E-state index contributed by atoms with van der Waals surface area (Å²) in [5, 5.41) is 11.5. The van der Waals surface area contributed by atoms with Crippen LogP contribution in [0.5, 0.6) is 0 Å². The van der Waals surface area contributed by atoms with Gasteiger partial charge in [-0.25, -0.2) is 4.79 Å². The fourth-order valence-corrected chi connectivity index (χ4v) is 1.39. The first-order chi connectivity index (χ1) is 8.40. The average Bonchev–Trinajstić information content (AvgIpc) is 2.75. The molecule has 0 aliphatic heterocycles. The van der Waals surface area contributed by atoms with E-state index in [0.717, 1.165) is 19.2 Å². The maximum absolute atomic E-state index is 11.7. The van der Waals surface area contributed by atoms with E-state index in [4.69, 9.17) is 9.52 Å². The molecular weight excluding hydrogens is 236 g/mol.